The third kappa shape index (κ3) is 1.67. The number of fused-ring (bicyclic) bond motifs is 1. The van der Waals surface area contributed by atoms with Gasteiger partial charge >= 0.3 is 0 Å². The normalized spacial score (nSPS) is 16.9. The molecule has 0 amide bonds. The summed E-state index contributed by atoms with van der Waals surface area (Å²) in [6.07, 6.45) is 1.98. The van der Waals surface area contributed by atoms with Gasteiger partial charge in [-0.05, 0) is 39.8 Å². The maximum absolute atomic E-state index is 4.24. The van der Waals surface area contributed by atoms with Crippen molar-refractivity contribution in [3.05, 3.63) is 27.1 Å². The molecule has 1 aromatic heterocycles. The monoisotopic (exact) mass is 372 g/mol. The fourth-order valence-electron chi connectivity index (χ4n) is 1.21. The molecule has 4 heteroatoms. The minimum absolute atomic E-state index is 1.04. The SMILES string of the molecule is Ic1cc2c(cn1)CN(I)C2. The molecule has 0 aliphatic carbocycles. The molecule has 2 rings (SSSR count). The molecule has 0 unspecified atom stereocenters. The van der Waals surface area contributed by atoms with Crippen molar-refractivity contribution in [3.63, 3.8) is 0 Å². The van der Waals surface area contributed by atoms with Gasteiger partial charge < -0.3 is 0 Å². The third-order valence-electron chi connectivity index (χ3n) is 1.73. The van der Waals surface area contributed by atoms with Crippen LogP contribution in [0.4, 0.5) is 0 Å². The summed E-state index contributed by atoms with van der Waals surface area (Å²) in [4.78, 5) is 4.24. The summed E-state index contributed by atoms with van der Waals surface area (Å²) >= 11 is 4.59. The molecule has 0 bridgehead atoms. The van der Waals surface area contributed by atoms with E-state index in [0.29, 0.717) is 0 Å². The molecule has 0 radical (unpaired) electrons. The van der Waals surface area contributed by atoms with Crippen molar-refractivity contribution in [2.75, 3.05) is 0 Å². The highest BCUT2D eigenvalue weighted by Gasteiger charge is 2.16. The molecule has 58 valence electrons. The Morgan fingerprint density at radius 2 is 2.09 bits per heavy atom. The predicted molar refractivity (Wildman–Crippen MR) is 60.2 cm³/mol. The van der Waals surface area contributed by atoms with E-state index in [0.717, 1.165) is 16.8 Å². The molecular weight excluding hydrogens is 366 g/mol. The van der Waals surface area contributed by atoms with Crippen molar-refractivity contribution in [3.8, 4) is 0 Å². The molecule has 1 aliphatic rings. The van der Waals surface area contributed by atoms with Crippen LogP contribution in [-0.4, -0.2) is 8.10 Å². The average Bonchev–Trinajstić information content (AvgIpc) is 2.27. The number of aromatic nitrogens is 1. The highest BCUT2D eigenvalue weighted by molar-refractivity contribution is 14.1. The fourth-order valence-corrected chi connectivity index (χ4v) is 2.46. The lowest BCUT2D eigenvalue weighted by Crippen LogP contribution is -1.97. The molecule has 0 N–H and O–H groups in total. The average molecular weight is 372 g/mol. The standard InChI is InChI=1S/C7H6I2N2/c8-7-1-5-3-11(9)4-6(5)2-10-7/h1-2H,3-4H2. The maximum Gasteiger partial charge on any atom is 0.101 e. The lowest BCUT2D eigenvalue weighted by atomic mass is 10.2. The van der Waals surface area contributed by atoms with Crippen molar-refractivity contribution < 1.29 is 0 Å². The smallest absolute Gasteiger partial charge is 0.101 e. The number of halogens is 2. The molecule has 0 saturated heterocycles. The highest BCUT2D eigenvalue weighted by Crippen LogP contribution is 2.25. The first-order chi connectivity index (χ1) is 5.25. The van der Waals surface area contributed by atoms with Crippen molar-refractivity contribution >= 4 is 45.5 Å². The van der Waals surface area contributed by atoms with Gasteiger partial charge in [-0.3, -0.25) is 0 Å². The van der Waals surface area contributed by atoms with Crippen LogP contribution in [0.2, 0.25) is 0 Å². The van der Waals surface area contributed by atoms with E-state index >= 15 is 0 Å². The zero-order valence-corrected chi connectivity index (χ0v) is 10.0. The van der Waals surface area contributed by atoms with E-state index < -0.39 is 0 Å². The van der Waals surface area contributed by atoms with Crippen molar-refractivity contribution in [2.45, 2.75) is 13.1 Å². The molecule has 2 heterocycles. The van der Waals surface area contributed by atoms with Crippen LogP contribution in [0.25, 0.3) is 0 Å². The first-order valence-electron chi connectivity index (χ1n) is 3.30. The number of nitrogens with zero attached hydrogens (tertiary/aromatic N) is 2. The molecule has 1 aliphatic heterocycles. The van der Waals surface area contributed by atoms with E-state index in [9.17, 15) is 0 Å². The summed E-state index contributed by atoms with van der Waals surface area (Å²) in [5, 5.41) is 0. The van der Waals surface area contributed by atoms with Gasteiger partial charge in [-0.25, -0.2) is 8.10 Å². The Kier molecular flexibility index (Phi) is 2.33. The fraction of sp³-hybridized carbons (Fsp3) is 0.286. The minimum Gasteiger partial charge on any atom is -0.250 e. The van der Waals surface area contributed by atoms with Gasteiger partial charge in [0.15, 0.2) is 0 Å². The molecule has 0 spiro atoms. The summed E-state index contributed by atoms with van der Waals surface area (Å²) in [6.45, 7) is 2.11. The molecule has 0 aromatic carbocycles. The first kappa shape index (κ1) is 8.18. The van der Waals surface area contributed by atoms with Crippen molar-refractivity contribution in [2.24, 2.45) is 0 Å². The van der Waals surface area contributed by atoms with Crippen LogP contribution in [-0.2, 0) is 13.1 Å². The topological polar surface area (TPSA) is 16.1 Å². The summed E-state index contributed by atoms with van der Waals surface area (Å²) in [6, 6.07) is 2.16. The van der Waals surface area contributed by atoms with Gasteiger partial charge in [0, 0.05) is 42.2 Å². The summed E-state index contributed by atoms with van der Waals surface area (Å²) < 4.78 is 3.35. The Balaban J connectivity index is 2.43. The Hall–Kier alpha value is 0.570. The van der Waals surface area contributed by atoms with Crippen LogP contribution in [0.5, 0.6) is 0 Å². The molecule has 11 heavy (non-hydrogen) atoms. The molecule has 0 fully saturated rings. The maximum atomic E-state index is 4.24. The summed E-state index contributed by atoms with van der Waals surface area (Å²) in [5.74, 6) is 0. The van der Waals surface area contributed by atoms with Crippen LogP contribution in [0, 0.1) is 3.70 Å². The van der Waals surface area contributed by atoms with E-state index in [2.05, 4.69) is 59.6 Å². The van der Waals surface area contributed by atoms with E-state index in [4.69, 9.17) is 0 Å². The number of pyridine rings is 1. The quantitative estimate of drug-likeness (QED) is 0.395. The molecular formula is C7H6I2N2. The van der Waals surface area contributed by atoms with Crippen molar-refractivity contribution in [1.82, 2.24) is 8.10 Å². The second-order valence-corrected chi connectivity index (χ2v) is 5.02. The molecule has 2 nitrogen and oxygen atoms in total. The summed E-state index contributed by atoms with van der Waals surface area (Å²) in [5.41, 5.74) is 2.80. The Labute approximate surface area is 93.0 Å². The van der Waals surface area contributed by atoms with Crippen LogP contribution in [0.15, 0.2) is 12.3 Å². The predicted octanol–water partition coefficient (Wildman–Crippen LogP) is 2.35. The van der Waals surface area contributed by atoms with Gasteiger partial charge in [-0.15, -0.1) is 0 Å². The van der Waals surface area contributed by atoms with Gasteiger partial charge in [0.1, 0.15) is 3.70 Å². The van der Waals surface area contributed by atoms with Gasteiger partial charge in [0.05, 0.1) is 0 Å². The van der Waals surface area contributed by atoms with E-state index in [1.165, 1.54) is 11.1 Å². The summed E-state index contributed by atoms with van der Waals surface area (Å²) in [7, 11) is 0. The van der Waals surface area contributed by atoms with E-state index in [1.54, 1.807) is 0 Å². The Morgan fingerprint density at radius 1 is 1.36 bits per heavy atom. The van der Waals surface area contributed by atoms with Crippen LogP contribution in [0.3, 0.4) is 0 Å². The van der Waals surface area contributed by atoms with Crippen LogP contribution < -0.4 is 0 Å². The molecule has 1 aromatic rings. The van der Waals surface area contributed by atoms with Crippen LogP contribution >= 0.6 is 45.5 Å². The van der Waals surface area contributed by atoms with Gasteiger partial charge in [0.2, 0.25) is 0 Å². The van der Waals surface area contributed by atoms with Gasteiger partial charge in [-0.2, -0.15) is 0 Å². The third-order valence-corrected chi connectivity index (χ3v) is 3.01. The zero-order valence-electron chi connectivity index (χ0n) is 5.72. The van der Waals surface area contributed by atoms with Crippen LogP contribution in [0.1, 0.15) is 11.1 Å². The minimum atomic E-state index is 1.04. The van der Waals surface area contributed by atoms with E-state index in [1.807, 2.05) is 6.20 Å². The number of hydrogen-bond acceptors (Lipinski definition) is 2. The lowest BCUT2D eigenvalue weighted by molar-refractivity contribution is 0.554. The lowest BCUT2D eigenvalue weighted by Gasteiger charge is -1.98. The van der Waals surface area contributed by atoms with Crippen molar-refractivity contribution in [1.29, 1.82) is 0 Å². The van der Waals surface area contributed by atoms with Gasteiger partial charge in [0.25, 0.3) is 0 Å². The number of hydrogen-bond donors (Lipinski definition) is 0. The second-order valence-electron chi connectivity index (χ2n) is 2.55. The molecule has 0 saturated carbocycles. The first-order valence-corrected chi connectivity index (χ1v) is 5.34. The number of rotatable bonds is 0. The van der Waals surface area contributed by atoms with Gasteiger partial charge in [-0.1, -0.05) is 0 Å². The molecule has 0 atom stereocenters. The van der Waals surface area contributed by atoms with E-state index in [-0.39, 0.29) is 0 Å². The Morgan fingerprint density at radius 3 is 2.91 bits per heavy atom. The second kappa shape index (κ2) is 3.14. The zero-order chi connectivity index (χ0) is 7.84. The highest BCUT2D eigenvalue weighted by atomic mass is 127. The Bertz CT molecular complexity index is 288. The largest absolute Gasteiger partial charge is 0.250 e.